The van der Waals surface area contributed by atoms with Crippen molar-refractivity contribution >= 4 is 5.91 Å². The zero-order valence-corrected chi connectivity index (χ0v) is 13.8. The highest BCUT2D eigenvalue weighted by molar-refractivity contribution is 5.94. The fourth-order valence-corrected chi connectivity index (χ4v) is 5.67. The van der Waals surface area contributed by atoms with E-state index in [1.807, 2.05) is 11.9 Å². The minimum absolute atomic E-state index is 0.0657. The first-order valence-corrected chi connectivity index (χ1v) is 8.67. The molecule has 0 heterocycles. The molecule has 0 N–H and O–H groups in total. The molecule has 1 aromatic carbocycles. The van der Waals surface area contributed by atoms with Crippen LogP contribution in [0.5, 0.6) is 5.75 Å². The molecule has 4 heteroatoms. The van der Waals surface area contributed by atoms with Crippen LogP contribution < -0.4 is 4.74 Å². The van der Waals surface area contributed by atoms with E-state index < -0.39 is 5.82 Å². The molecular weight excluding hydrogens is 293 g/mol. The Morgan fingerprint density at radius 3 is 2.26 bits per heavy atom. The third-order valence-electron chi connectivity index (χ3n) is 6.34. The second-order valence-corrected chi connectivity index (χ2v) is 7.69. The van der Waals surface area contributed by atoms with Gasteiger partial charge in [-0.15, -0.1) is 0 Å². The number of methoxy groups -OCH3 is 1. The van der Waals surface area contributed by atoms with Crippen molar-refractivity contribution in [1.82, 2.24) is 4.90 Å². The topological polar surface area (TPSA) is 29.5 Å². The second kappa shape index (κ2) is 5.50. The zero-order valence-electron chi connectivity index (χ0n) is 13.8. The molecule has 124 valence electrons. The summed E-state index contributed by atoms with van der Waals surface area (Å²) in [5, 5.41) is 0. The monoisotopic (exact) mass is 317 g/mol. The van der Waals surface area contributed by atoms with Crippen LogP contribution in [0.3, 0.4) is 0 Å². The van der Waals surface area contributed by atoms with Crippen molar-refractivity contribution < 1.29 is 13.9 Å². The van der Waals surface area contributed by atoms with Gasteiger partial charge in [0, 0.05) is 18.7 Å². The maximum Gasteiger partial charge on any atom is 0.253 e. The fourth-order valence-electron chi connectivity index (χ4n) is 5.67. The number of carbonyl (C=O) groups excluding carboxylic acids is 1. The Bertz CT molecular complexity index is 602. The second-order valence-electron chi connectivity index (χ2n) is 7.69. The lowest BCUT2D eigenvalue weighted by molar-refractivity contribution is -0.0491. The quantitative estimate of drug-likeness (QED) is 0.850. The van der Waals surface area contributed by atoms with E-state index in [-0.39, 0.29) is 11.7 Å². The van der Waals surface area contributed by atoms with Crippen LogP contribution in [0.2, 0.25) is 0 Å². The predicted molar refractivity (Wildman–Crippen MR) is 85.9 cm³/mol. The lowest BCUT2D eigenvalue weighted by Crippen LogP contribution is -2.56. The molecule has 0 aromatic heterocycles. The van der Waals surface area contributed by atoms with Crippen LogP contribution in [0.25, 0.3) is 0 Å². The molecule has 23 heavy (non-hydrogen) atoms. The number of nitrogens with zero attached hydrogens (tertiary/aromatic N) is 1. The van der Waals surface area contributed by atoms with Gasteiger partial charge in [0.15, 0.2) is 11.6 Å². The molecule has 4 aliphatic carbocycles. The highest BCUT2D eigenvalue weighted by Crippen LogP contribution is 2.55. The number of carbonyl (C=O) groups is 1. The van der Waals surface area contributed by atoms with Crippen LogP contribution in [-0.2, 0) is 0 Å². The van der Waals surface area contributed by atoms with E-state index in [0.29, 0.717) is 23.4 Å². The summed E-state index contributed by atoms with van der Waals surface area (Å²) in [4.78, 5) is 14.7. The smallest absolute Gasteiger partial charge is 0.253 e. The van der Waals surface area contributed by atoms with E-state index in [9.17, 15) is 9.18 Å². The summed E-state index contributed by atoms with van der Waals surface area (Å²) >= 11 is 0. The van der Waals surface area contributed by atoms with Crippen molar-refractivity contribution in [3.05, 3.63) is 29.6 Å². The number of hydrogen-bond donors (Lipinski definition) is 0. The average Bonchev–Trinajstić information content (AvgIpc) is 2.52. The van der Waals surface area contributed by atoms with E-state index in [4.69, 9.17) is 4.74 Å². The van der Waals surface area contributed by atoms with Crippen LogP contribution in [0.15, 0.2) is 18.2 Å². The lowest BCUT2D eigenvalue weighted by atomic mass is 9.54. The van der Waals surface area contributed by atoms with Gasteiger partial charge in [-0.2, -0.15) is 0 Å². The Kier molecular flexibility index (Phi) is 3.58. The van der Waals surface area contributed by atoms with Crippen molar-refractivity contribution in [3.63, 3.8) is 0 Å². The highest BCUT2D eigenvalue weighted by Gasteiger charge is 2.50. The van der Waals surface area contributed by atoms with Gasteiger partial charge in [-0.05, 0) is 74.0 Å². The Morgan fingerprint density at radius 1 is 1.13 bits per heavy atom. The number of rotatable bonds is 3. The molecule has 0 spiro atoms. The van der Waals surface area contributed by atoms with E-state index in [2.05, 4.69) is 0 Å². The van der Waals surface area contributed by atoms with Crippen molar-refractivity contribution in [3.8, 4) is 5.75 Å². The number of amides is 1. The number of ether oxygens (including phenoxy) is 1. The number of hydrogen-bond acceptors (Lipinski definition) is 2. The Hall–Kier alpha value is -1.58. The van der Waals surface area contributed by atoms with Gasteiger partial charge in [-0.25, -0.2) is 4.39 Å². The molecule has 0 atom stereocenters. The molecular formula is C19H24FNO2. The number of benzene rings is 1. The van der Waals surface area contributed by atoms with Crippen LogP contribution in [-0.4, -0.2) is 31.0 Å². The Labute approximate surface area is 136 Å². The largest absolute Gasteiger partial charge is 0.494 e. The highest BCUT2D eigenvalue weighted by atomic mass is 19.1. The van der Waals surface area contributed by atoms with Gasteiger partial charge in [-0.1, -0.05) is 0 Å². The van der Waals surface area contributed by atoms with Gasteiger partial charge < -0.3 is 9.64 Å². The van der Waals surface area contributed by atoms with Gasteiger partial charge in [-0.3, -0.25) is 4.79 Å². The summed E-state index contributed by atoms with van der Waals surface area (Å²) in [6.45, 7) is 0. The van der Waals surface area contributed by atoms with Crippen LogP contribution in [0, 0.1) is 29.5 Å². The third-order valence-corrected chi connectivity index (χ3v) is 6.34. The van der Waals surface area contributed by atoms with Crippen LogP contribution in [0.1, 0.15) is 42.5 Å². The third kappa shape index (κ3) is 2.43. The minimum Gasteiger partial charge on any atom is -0.494 e. The summed E-state index contributed by atoms with van der Waals surface area (Å²) in [5.41, 5.74) is 0.416. The SMILES string of the molecule is COc1ccc(C(=O)N(C)C2C3CC4CC(C3)CC2C4)cc1F. The maximum absolute atomic E-state index is 13.9. The summed E-state index contributed by atoms with van der Waals surface area (Å²) < 4.78 is 18.8. The normalized spacial score (nSPS) is 34.5. The molecule has 5 rings (SSSR count). The molecule has 0 radical (unpaired) electrons. The van der Waals surface area contributed by atoms with Gasteiger partial charge in [0.25, 0.3) is 5.91 Å². The van der Waals surface area contributed by atoms with Gasteiger partial charge in [0.2, 0.25) is 0 Å². The minimum atomic E-state index is -0.475. The van der Waals surface area contributed by atoms with E-state index >= 15 is 0 Å². The summed E-state index contributed by atoms with van der Waals surface area (Å²) in [6, 6.07) is 4.83. The fraction of sp³-hybridized carbons (Fsp3) is 0.632. The molecule has 4 aliphatic rings. The van der Waals surface area contributed by atoms with E-state index in [1.54, 1.807) is 6.07 Å². The number of halogens is 1. The lowest BCUT2D eigenvalue weighted by Gasteiger charge is -2.56. The van der Waals surface area contributed by atoms with Gasteiger partial charge >= 0.3 is 0 Å². The molecule has 1 amide bonds. The molecule has 0 unspecified atom stereocenters. The molecule has 4 fully saturated rings. The average molecular weight is 317 g/mol. The van der Waals surface area contributed by atoms with E-state index in [1.165, 1.54) is 51.3 Å². The first-order chi connectivity index (χ1) is 11.1. The predicted octanol–water partition coefficient (Wildman–Crippen LogP) is 3.73. The molecule has 0 aliphatic heterocycles. The summed E-state index contributed by atoms with van der Waals surface area (Å²) in [6.07, 6.45) is 6.48. The molecule has 0 saturated heterocycles. The Balaban J connectivity index is 1.55. The molecule has 4 saturated carbocycles. The first-order valence-electron chi connectivity index (χ1n) is 8.67. The van der Waals surface area contributed by atoms with Crippen molar-refractivity contribution in [1.29, 1.82) is 0 Å². The summed E-state index contributed by atoms with van der Waals surface area (Å²) in [7, 11) is 3.33. The molecule has 1 aromatic rings. The van der Waals surface area contributed by atoms with Crippen molar-refractivity contribution in [2.75, 3.05) is 14.2 Å². The molecule has 3 nitrogen and oxygen atoms in total. The van der Waals surface area contributed by atoms with Crippen LogP contribution in [0.4, 0.5) is 4.39 Å². The van der Waals surface area contributed by atoms with Crippen molar-refractivity contribution in [2.45, 2.75) is 38.1 Å². The summed E-state index contributed by atoms with van der Waals surface area (Å²) in [5.74, 6) is 2.69. The zero-order chi connectivity index (χ0) is 16.1. The van der Waals surface area contributed by atoms with Crippen molar-refractivity contribution in [2.24, 2.45) is 23.7 Å². The standard InChI is InChI=1S/C19H24FNO2/c1-21(19(22)13-3-4-17(23-2)16(20)10-13)18-14-6-11-5-12(8-14)9-15(18)7-11/h3-4,10-12,14-15,18H,5-9H2,1-2H3. The Morgan fingerprint density at radius 2 is 1.74 bits per heavy atom. The first kappa shape index (κ1) is 15.0. The van der Waals surface area contributed by atoms with E-state index in [0.717, 1.165) is 11.8 Å². The van der Waals surface area contributed by atoms with Gasteiger partial charge in [0.05, 0.1) is 7.11 Å². The maximum atomic E-state index is 13.9. The molecule has 4 bridgehead atoms. The van der Waals surface area contributed by atoms with Gasteiger partial charge in [0.1, 0.15) is 0 Å². The van der Waals surface area contributed by atoms with Crippen LogP contribution >= 0.6 is 0 Å².